The first-order chi connectivity index (χ1) is 10.0. The molecule has 2 atom stereocenters. The maximum absolute atomic E-state index is 5.45. The van der Waals surface area contributed by atoms with Gasteiger partial charge in [0.2, 0.25) is 0 Å². The summed E-state index contributed by atoms with van der Waals surface area (Å²) in [5.41, 5.74) is 5.18. The van der Waals surface area contributed by atoms with E-state index >= 15 is 0 Å². The standard InChI is InChI=1S/C19H25NO/c1-13-10-11-17(14(2)12-13)15(3)20-16(4)18-8-6-7-9-19(18)21-5/h6-12,15-16,20H,1-5H3/t15?,16-/m1/s1. The Bertz CT molecular complexity index is 606. The Balaban J connectivity index is 2.16. The van der Waals surface area contributed by atoms with Gasteiger partial charge in [-0.05, 0) is 44.9 Å². The van der Waals surface area contributed by atoms with E-state index in [9.17, 15) is 0 Å². The minimum Gasteiger partial charge on any atom is -0.496 e. The molecular formula is C19H25NO. The highest BCUT2D eigenvalue weighted by atomic mass is 16.5. The molecule has 1 N–H and O–H groups in total. The van der Waals surface area contributed by atoms with Gasteiger partial charge >= 0.3 is 0 Å². The van der Waals surface area contributed by atoms with E-state index in [1.165, 1.54) is 22.3 Å². The maximum atomic E-state index is 5.45. The van der Waals surface area contributed by atoms with Gasteiger partial charge in [-0.25, -0.2) is 0 Å². The number of para-hydroxylation sites is 1. The van der Waals surface area contributed by atoms with Crippen molar-refractivity contribution < 1.29 is 4.74 Å². The molecule has 0 aliphatic heterocycles. The normalized spacial score (nSPS) is 13.8. The summed E-state index contributed by atoms with van der Waals surface area (Å²) in [4.78, 5) is 0. The van der Waals surface area contributed by atoms with E-state index in [4.69, 9.17) is 4.74 Å². The zero-order valence-corrected chi connectivity index (χ0v) is 13.6. The molecule has 0 heterocycles. The van der Waals surface area contributed by atoms with Crippen molar-refractivity contribution in [2.24, 2.45) is 0 Å². The van der Waals surface area contributed by atoms with Crippen LogP contribution in [0.5, 0.6) is 5.75 Å². The van der Waals surface area contributed by atoms with Gasteiger partial charge in [-0.3, -0.25) is 0 Å². The molecule has 0 spiro atoms. The minimum atomic E-state index is 0.233. The predicted molar refractivity (Wildman–Crippen MR) is 88.9 cm³/mol. The van der Waals surface area contributed by atoms with Crippen LogP contribution in [0.2, 0.25) is 0 Å². The van der Waals surface area contributed by atoms with Crippen LogP contribution in [0.25, 0.3) is 0 Å². The van der Waals surface area contributed by atoms with Gasteiger partial charge in [-0.15, -0.1) is 0 Å². The van der Waals surface area contributed by atoms with Gasteiger partial charge in [0.15, 0.2) is 0 Å². The molecule has 0 fully saturated rings. The zero-order valence-electron chi connectivity index (χ0n) is 13.6. The lowest BCUT2D eigenvalue weighted by atomic mass is 9.98. The highest BCUT2D eigenvalue weighted by Crippen LogP contribution is 2.27. The third-order valence-corrected chi connectivity index (χ3v) is 4.00. The minimum absolute atomic E-state index is 0.233. The van der Waals surface area contributed by atoms with E-state index < -0.39 is 0 Å². The van der Waals surface area contributed by atoms with Crippen LogP contribution in [-0.4, -0.2) is 7.11 Å². The van der Waals surface area contributed by atoms with Crippen LogP contribution in [0.4, 0.5) is 0 Å². The second kappa shape index (κ2) is 6.77. The Labute approximate surface area is 128 Å². The fourth-order valence-corrected chi connectivity index (χ4v) is 2.89. The SMILES string of the molecule is COc1ccccc1[C@@H](C)NC(C)c1ccc(C)cc1C. The molecule has 0 radical (unpaired) electrons. The molecule has 0 aliphatic rings. The Kier molecular flexibility index (Phi) is 5.03. The van der Waals surface area contributed by atoms with E-state index in [1.807, 2.05) is 12.1 Å². The molecule has 0 saturated heterocycles. The molecule has 0 saturated carbocycles. The molecule has 2 heteroatoms. The van der Waals surface area contributed by atoms with Crippen LogP contribution in [0.15, 0.2) is 42.5 Å². The van der Waals surface area contributed by atoms with Crippen LogP contribution in [0.1, 0.15) is 48.2 Å². The van der Waals surface area contributed by atoms with Crippen LogP contribution < -0.4 is 10.1 Å². The molecule has 1 unspecified atom stereocenters. The monoisotopic (exact) mass is 283 g/mol. The number of hydrogen-bond acceptors (Lipinski definition) is 2. The van der Waals surface area contributed by atoms with E-state index in [1.54, 1.807) is 7.11 Å². The van der Waals surface area contributed by atoms with Gasteiger partial charge in [0.05, 0.1) is 7.11 Å². The first-order valence-electron chi connectivity index (χ1n) is 7.49. The van der Waals surface area contributed by atoms with E-state index in [-0.39, 0.29) is 6.04 Å². The first-order valence-corrected chi connectivity index (χ1v) is 7.49. The smallest absolute Gasteiger partial charge is 0.123 e. The molecule has 21 heavy (non-hydrogen) atoms. The van der Waals surface area contributed by atoms with Crippen molar-refractivity contribution >= 4 is 0 Å². The van der Waals surface area contributed by atoms with E-state index in [0.717, 1.165) is 5.75 Å². The Morgan fingerprint density at radius 3 is 2.24 bits per heavy atom. The Morgan fingerprint density at radius 1 is 0.905 bits per heavy atom. The van der Waals surface area contributed by atoms with Gasteiger partial charge in [0, 0.05) is 17.6 Å². The summed E-state index contributed by atoms with van der Waals surface area (Å²) >= 11 is 0. The molecule has 2 nitrogen and oxygen atoms in total. The summed E-state index contributed by atoms with van der Waals surface area (Å²) in [5.74, 6) is 0.935. The third-order valence-electron chi connectivity index (χ3n) is 4.00. The van der Waals surface area contributed by atoms with Gasteiger partial charge in [0.1, 0.15) is 5.75 Å². The van der Waals surface area contributed by atoms with Crippen molar-refractivity contribution in [1.29, 1.82) is 0 Å². The highest BCUT2D eigenvalue weighted by molar-refractivity contribution is 5.36. The molecule has 2 aromatic rings. The molecule has 0 amide bonds. The zero-order chi connectivity index (χ0) is 15.4. The molecule has 0 aromatic heterocycles. The average molecular weight is 283 g/mol. The highest BCUT2D eigenvalue weighted by Gasteiger charge is 2.15. The summed E-state index contributed by atoms with van der Waals surface area (Å²) in [6, 6.07) is 15.3. The van der Waals surface area contributed by atoms with Gasteiger partial charge in [-0.2, -0.15) is 0 Å². The van der Waals surface area contributed by atoms with Crippen molar-refractivity contribution in [3.05, 3.63) is 64.7 Å². The van der Waals surface area contributed by atoms with Crippen molar-refractivity contribution in [2.45, 2.75) is 39.8 Å². The average Bonchev–Trinajstić information content (AvgIpc) is 2.46. The topological polar surface area (TPSA) is 21.3 Å². The number of hydrogen-bond donors (Lipinski definition) is 1. The Hall–Kier alpha value is -1.80. The number of methoxy groups -OCH3 is 1. The number of benzene rings is 2. The number of ether oxygens (including phenoxy) is 1. The van der Waals surface area contributed by atoms with Crippen molar-refractivity contribution in [2.75, 3.05) is 7.11 Å². The van der Waals surface area contributed by atoms with E-state index in [0.29, 0.717) is 6.04 Å². The van der Waals surface area contributed by atoms with Crippen molar-refractivity contribution in [1.82, 2.24) is 5.32 Å². The van der Waals surface area contributed by atoms with Crippen LogP contribution in [0, 0.1) is 13.8 Å². The lowest BCUT2D eigenvalue weighted by Crippen LogP contribution is -2.23. The molecule has 0 bridgehead atoms. The van der Waals surface area contributed by atoms with Crippen LogP contribution >= 0.6 is 0 Å². The number of rotatable bonds is 5. The molecular weight excluding hydrogens is 258 g/mol. The fraction of sp³-hybridized carbons (Fsp3) is 0.368. The first kappa shape index (κ1) is 15.6. The molecule has 2 aromatic carbocycles. The third kappa shape index (κ3) is 3.64. The van der Waals surface area contributed by atoms with Crippen LogP contribution in [-0.2, 0) is 0 Å². The van der Waals surface area contributed by atoms with Crippen molar-refractivity contribution in [3.63, 3.8) is 0 Å². The summed E-state index contributed by atoms with van der Waals surface area (Å²) in [6.45, 7) is 8.70. The summed E-state index contributed by atoms with van der Waals surface area (Å²) in [7, 11) is 1.72. The summed E-state index contributed by atoms with van der Waals surface area (Å²) in [5, 5.41) is 3.67. The lowest BCUT2D eigenvalue weighted by molar-refractivity contribution is 0.396. The van der Waals surface area contributed by atoms with Gasteiger partial charge < -0.3 is 10.1 Å². The molecule has 2 rings (SSSR count). The second-order valence-electron chi connectivity index (χ2n) is 5.71. The predicted octanol–water partition coefficient (Wildman–Crippen LogP) is 4.72. The maximum Gasteiger partial charge on any atom is 0.123 e. The largest absolute Gasteiger partial charge is 0.496 e. The molecule has 112 valence electrons. The summed E-state index contributed by atoms with van der Waals surface area (Å²) < 4.78 is 5.45. The lowest BCUT2D eigenvalue weighted by Gasteiger charge is -2.23. The second-order valence-corrected chi connectivity index (χ2v) is 5.71. The van der Waals surface area contributed by atoms with E-state index in [2.05, 4.69) is 63.3 Å². The molecule has 0 aliphatic carbocycles. The van der Waals surface area contributed by atoms with Gasteiger partial charge in [-0.1, -0.05) is 42.0 Å². The fourth-order valence-electron chi connectivity index (χ4n) is 2.89. The number of nitrogens with one attached hydrogen (secondary N) is 1. The quantitative estimate of drug-likeness (QED) is 0.857. The Morgan fingerprint density at radius 2 is 1.57 bits per heavy atom. The summed E-state index contributed by atoms with van der Waals surface area (Å²) in [6.07, 6.45) is 0. The van der Waals surface area contributed by atoms with Gasteiger partial charge in [0.25, 0.3) is 0 Å². The van der Waals surface area contributed by atoms with Crippen LogP contribution in [0.3, 0.4) is 0 Å². The van der Waals surface area contributed by atoms with Crippen molar-refractivity contribution in [3.8, 4) is 5.75 Å². The number of aryl methyl sites for hydroxylation is 2.